The number of aromatic nitrogens is 4. The second kappa shape index (κ2) is 5.34. The quantitative estimate of drug-likeness (QED) is 0.737. The Morgan fingerprint density at radius 3 is 2.35 bits per heavy atom. The lowest BCUT2D eigenvalue weighted by atomic mass is 10.2. The molecule has 0 unspecified atom stereocenters. The molecule has 0 radical (unpaired) electrons. The van der Waals surface area contributed by atoms with Crippen LogP contribution >= 0.6 is 11.5 Å². The second-order valence-corrected chi connectivity index (χ2v) is 5.07. The van der Waals surface area contributed by atoms with Crippen LogP contribution in [-0.2, 0) is 0 Å². The van der Waals surface area contributed by atoms with Gasteiger partial charge in [0, 0.05) is 6.07 Å². The summed E-state index contributed by atoms with van der Waals surface area (Å²) in [5.74, 6) is 1.94. The third-order valence-corrected chi connectivity index (χ3v) is 3.46. The van der Waals surface area contributed by atoms with E-state index in [1.807, 2.05) is 44.2 Å². The monoisotopic (exact) mass is 284 g/mol. The summed E-state index contributed by atoms with van der Waals surface area (Å²) in [4.78, 5) is 4.27. The Morgan fingerprint density at radius 1 is 0.950 bits per heavy atom. The van der Waals surface area contributed by atoms with Crippen LogP contribution < -0.4 is 4.74 Å². The lowest BCUT2D eigenvalue weighted by Crippen LogP contribution is -1.92. The van der Waals surface area contributed by atoms with Crippen LogP contribution in [0.25, 0.3) is 10.7 Å². The summed E-state index contributed by atoms with van der Waals surface area (Å²) in [7, 11) is 0. The Bertz CT molecular complexity index is 707. The molecule has 0 saturated carbocycles. The van der Waals surface area contributed by atoms with Gasteiger partial charge in [0.2, 0.25) is 5.88 Å². The molecule has 0 aliphatic rings. The third-order valence-electron chi connectivity index (χ3n) is 2.63. The topological polar surface area (TPSA) is 60.8 Å². The molecular formula is C14H12N4OS. The van der Waals surface area contributed by atoms with E-state index in [1.54, 1.807) is 6.07 Å². The zero-order valence-electron chi connectivity index (χ0n) is 11.1. The Labute approximate surface area is 120 Å². The highest BCUT2D eigenvalue weighted by molar-refractivity contribution is 7.09. The predicted octanol–water partition coefficient (Wildman–Crippen LogP) is 3.40. The Morgan fingerprint density at radius 2 is 1.75 bits per heavy atom. The smallest absolute Gasteiger partial charge is 0.238 e. The minimum Gasteiger partial charge on any atom is -0.438 e. The van der Waals surface area contributed by atoms with Crippen molar-refractivity contribution in [3.05, 3.63) is 47.8 Å². The fourth-order valence-electron chi connectivity index (χ4n) is 1.62. The molecular weight excluding hydrogens is 272 g/mol. The largest absolute Gasteiger partial charge is 0.438 e. The highest BCUT2D eigenvalue weighted by Gasteiger charge is 2.07. The van der Waals surface area contributed by atoms with Gasteiger partial charge in [0.1, 0.15) is 17.3 Å². The number of aryl methyl sites for hydroxylation is 2. The van der Waals surface area contributed by atoms with E-state index in [0.29, 0.717) is 11.6 Å². The molecule has 3 rings (SSSR count). The van der Waals surface area contributed by atoms with E-state index in [0.717, 1.165) is 16.6 Å². The minimum atomic E-state index is 0.457. The van der Waals surface area contributed by atoms with Crippen LogP contribution in [0.2, 0.25) is 0 Å². The van der Waals surface area contributed by atoms with Gasteiger partial charge in [-0.15, -0.1) is 10.2 Å². The first-order valence-electron chi connectivity index (χ1n) is 6.10. The Hall–Kier alpha value is -2.34. The molecule has 5 nitrogen and oxygen atoms in total. The summed E-state index contributed by atoms with van der Waals surface area (Å²) in [5.41, 5.74) is 1.89. The Kier molecular flexibility index (Phi) is 3.39. The number of nitrogens with zero attached hydrogens (tertiary/aromatic N) is 4. The van der Waals surface area contributed by atoms with Crippen molar-refractivity contribution in [2.75, 3.05) is 0 Å². The summed E-state index contributed by atoms with van der Waals surface area (Å²) < 4.78 is 9.75. The molecule has 1 aromatic carbocycles. The highest BCUT2D eigenvalue weighted by atomic mass is 32.1. The molecule has 0 spiro atoms. The summed E-state index contributed by atoms with van der Waals surface area (Å²) in [6, 6.07) is 11.4. The first-order chi connectivity index (χ1) is 9.70. The van der Waals surface area contributed by atoms with Crippen LogP contribution in [0.5, 0.6) is 11.6 Å². The fourth-order valence-corrected chi connectivity index (χ4v) is 2.25. The average molecular weight is 284 g/mol. The SMILES string of the molecule is Cc1ccc(Oc2ccc(-c3nc(C)ns3)nn2)cc1. The van der Waals surface area contributed by atoms with Gasteiger partial charge in [-0.3, -0.25) is 0 Å². The third kappa shape index (κ3) is 2.80. The molecule has 20 heavy (non-hydrogen) atoms. The van der Waals surface area contributed by atoms with E-state index in [9.17, 15) is 0 Å². The number of ether oxygens (including phenoxy) is 1. The van der Waals surface area contributed by atoms with Crippen molar-refractivity contribution in [2.45, 2.75) is 13.8 Å². The molecule has 3 aromatic rings. The van der Waals surface area contributed by atoms with Gasteiger partial charge in [0.05, 0.1) is 0 Å². The highest BCUT2D eigenvalue weighted by Crippen LogP contribution is 2.22. The lowest BCUT2D eigenvalue weighted by molar-refractivity contribution is 0.455. The van der Waals surface area contributed by atoms with Crippen molar-refractivity contribution in [1.29, 1.82) is 0 Å². The van der Waals surface area contributed by atoms with E-state index in [1.165, 1.54) is 17.1 Å². The molecule has 2 heterocycles. The number of benzene rings is 1. The normalized spacial score (nSPS) is 10.5. The van der Waals surface area contributed by atoms with Crippen molar-refractivity contribution in [1.82, 2.24) is 19.6 Å². The van der Waals surface area contributed by atoms with Crippen molar-refractivity contribution in [3.63, 3.8) is 0 Å². The van der Waals surface area contributed by atoms with E-state index in [2.05, 4.69) is 19.6 Å². The van der Waals surface area contributed by atoms with E-state index >= 15 is 0 Å². The zero-order valence-corrected chi connectivity index (χ0v) is 11.9. The fraction of sp³-hybridized carbons (Fsp3) is 0.143. The van der Waals surface area contributed by atoms with Gasteiger partial charge in [-0.1, -0.05) is 17.7 Å². The van der Waals surface area contributed by atoms with Gasteiger partial charge >= 0.3 is 0 Å². The van der Waals surface area contributed by atoms with Gasteiger partial charge in [-0.05, 0) is 43.6 Å². The number of hydrogen-bond acceptors (Lipinski definition) is 6. The summed E-state index contributed by atoms with van der Waals surface area (Å²) in [5, 5.41) is 8.92. The minimum absolute atomic E-state index is 0.457. The maximum absolute atomic E-state index is 5.62. The predicted molar refractivity (Wildman–Crippen MR) is 76.9 cm³/mol. The Balaban J connectivity index is 1.77. The van der Waals surface area contributed by atoms with Crippen molar-refractivity contribution in [2.24, 2.45) is 0 Å². The summed E-state index contributed by atoms with van der Waals surface area (Å²) in [6.07, 6.45) is 0. The summed E-state index contributed by atoms with van der Waals surface area (Å²) >= 11 is 1.31. The number of rotatable bonds is 3. The molecule has 0 fully saturated rings. The summed E-state index contributed by atoms with van der Waals surface area (Å²) in [6.45, 7) is 3.88. The molecule has 2 aromatic heterocycles. The van der Waals surface area contributed by atoms with Crippen molar-refractivity contribution >= 4 is 11.5 Å². The first kappa shape index (κ1) is 12.7. The molecule has 0 aliphatic heterocycles. The molecule has 0 saturated heterocycles. The zero-order chi connectivity index (χ0) is 13.9. The van der Waals surface area contributed by atoms with Crippen molar-refractivity contribution < 1.29 is 4.74 Å². The first-order valence-corrected chi connectivity index (χ1v) is 6.87. The van der Waals surface area contributed by atoms with Gasteiger partial charge in [-0.25, -0.2) is 4.98 Å². The molecule has 6 heteroatoms. The van der Waals surface area contributed by atoms with Gasteiger partial charge in [0.25, 0.3) is 0 Å². The van der Waals surface area contributed by atoms with E-state index in [-0.39, 0.29) is 0 Å². The second-order valence-electron chi connectivity index (χ2n) is 4.32. The van der Waals surface area contributed by atoms with Crippen LogP contribution in [-0.4, -0.2) is 19.6 Å². The lowest BCUT2D eigenvalue weighted by Gasteiger charge is -2.04. The van der Waals surface area contributed by atoms with Crippen LogP contribution in [0.3, 0.4) is 0 Å². The number of hydrogen-bond donors (Lipinski definition) is 0. The van der Waals surface area contributed by atoms with Crippen molar-refractivity contribution in [3.8, 4) is 22.3 Å². The average Bonchev–Trinajstić information content (AvgIpc) is 2.89. The molecule has 0 atom stereocenters. The molecule has 0 N–H and O–H groups in total. The van der Waals surface area contributed by atoms with E-state index in [4.69, 9.17) is 4.74 Å². The van der Waals surface area contributed by atoms with E-state index < -0.39 is 0 Å². The van der Waals surface area contributed by atoms with Crippen LogP contribution in [0.1, 0.15) is 11.4 Å². The van der Waals surface area contributed by atoms with Crippen LogP contribution in [0.15, 0.2) is 36.4 Å². The van der Waals surface area contributed by atoms with Gasteiger partial charge in [0.15, 0.2) is 5.01 Å². The molecule has 100 valence electrons. The molecule has 0 aliphatic carbocycles. The van der Waals surface area contributed by atoms with Crippen LogP contribution in [0, 0.1) is 13.8 Å². The molecule has 0 bridgehead atoms. The van der Waals surface area contributed by atoms with Gasteiger partial charge < -0.3 is 4.74 Å². The van der Waals surface area contributed by atoms with Crippen LogP contribution in [0.4, 0.5) is 0 Å². The molecule has 0 amide bonds. The van der Waals surface area contributed by atoms with Gasteiger partial charge in [-0.2, -0.15) is 4.37 Å². The maximum Gasteiger partial charge on any atom is 0.238 e. The maximum atomic E-state index is 5.62. The standard InChI is InChI=1S/C14H12N4OS/c1-9-3-5-11(6-4-9)19-13-8-7-12(16-17-13)14-15-10(2)18-20-14/h3-8H,1-2H3.